The Balaban J connectivity index is 2.51. The minimum atomic E-state index is -0.927. The fraction of sp³-hybridized carbons (Fsp3) is 0.385. The number of carbonyl (C=O) groups excluding carboxylic acids is 1. The van der Waals surface area contributed by atoms with Gasteiger partial charge in [0.05, 0.1) is 20.0 Å². The lowest BCUT2D eigenvalue weighted by molar-refractivity contribution is -0.137. The monoisotopic (exact) mass is 251 g/mol. The van der Waals surface area contributed by atoms with Gasteiger partial charge in [0.1, 0.15) is 5.75 Å². The van der Waals surface area contributed by atoms with Gasteiger partial charge in [0, 0.05) is 6.04 Å². The average Bonchev–Trinajstić information content (AvgIpc) is 2.27. The highest BCUT2D eigenvalue weighted by Gasteiger charge is 2.11. The molecular weight excluding hydrogens is 234 g/mol. The number of hydrogen-bond donors (Lipinski definition) is 2. The molecule has 0 heterocycles. The molecule has 0 saturated heterocycles. The van der Waals surface area contributed by atoms with Crippen LogP contribution in [0.4, 0.5) is 0 Å². The van der Waals surface area contributed by atoms with Crippen molar-refractivity contribution in [1.82, 2.24) is 5.32 Å². The molecule has 1 aromatic carbocycles. The van der Waals surface area contributed by atoms with Crippen LogP contribution < -0.4 is 10.1 Å². The zero-order chi connectivity index (χ0) is 13.5. The maximum Gasteiger partial charge on any atom is 0.305 e. The zero-order valence-corrected chi connectivity index (χ0v) is 10.5. The zero-order valence-electron chi connectivity index (χ0n) is 10.5. The Hall–Kier alpha value is -2.04. The summed E-state index contributed by atoms with van der Waals surface area (Å²) in [6.07, 6.45) is 0.130. The van der Waals surface area contributed by atoms with Gasteiger partial charge in [-0.25, -0.2) is 0 Å². The number of nitrogens with one attached hydrogen (secondary N) is 1. The summed E-state index contributed by atoms with van der Waals surface area (Å²) < 4.78 is 5.06. The van der Waals surface area contributed by atoms with E-state index in [2.05, 4.69) is 5.32 Å². The Morgan fingerprint density at radius 2 is 2.17 bits per heavy atom. The van der Waals surface area contributed by atoms with Gasteiger partial charge in [-0.1, -0.05) is 12.1 Å². The maximum atomic E-state index is 11.7. The lowest BCUT2D eigenvalue weighted by Gasteiger charge is -2.11. The highest BCUT2D eigenvalue weighted by Crippen LogP contribution is 2.12. The van der Waals surface area contributed by atoms with Crippen molar-refractivity contribution in [3.8, 4) is 5.75 Å². The lowest BCUT2D eigenvalue weighted by Crippen LogP contribution is -2.35. The van der Waals surface area contributed by atoms with Crippen LogP contribution in [0.1, 0.15) is 18.9 Å². The van der Waals surface area contributed by atoms with E-state index in [1.807, 2.05) is 12.1 Å². The van der Waals surface area contributed by atoms with Crippen LogP contribution in [-0.4, -0.2) is 30.1 Å². The van der Waals surface area contributed by atoms with Gasteiger partial charge < -0.3 is 15.2 Å². The van der Waals surface area contributed by atoms with Gasteiger partial charge in [0.2, 0.25) is 5.91 Å². The summed E-state index contributed by atoms with van der Waals surface area (Å²) in [5.74, 6) is -0.430. The fourth-order valence-electron chi connectivity index (χ4n) is 1.61. The number of carbonyl (C=O) groups is 2. The molecule has 0 bridgehead atoms. The van der Waals surface area contributed by atoms with Gasteiger partial charge in [-0.05, 0) is 24.6 Å². The predicted molar refractivity (Wildman–Crippen MR) is 66.6 cm³/mol. The summed E-state index contributed by atoms with van der Waals surface area (Å²) in [4.78, 5) is 22.1. The molecule has 2 N–H and O–H groups in total. The molecule has 0 aliphatic carbocycles. The van der Waals surface area contributed by atoms with E-state index < -0.39 is 5.97 Å². The number of aliphatic carboxylic acids is 1. The quantitative estimate of drug-likeness (QED) is 0.797. The second kappa shape index (κ2) is 6.64. The van der Waals surface area contributed by atoms with Crippen molar-refractivity contribution in [3.05, 3.63) is 29.8 Å². The first-order chi connectivity index (χ1) is 8.51. The van der Waals surface area contributed by atoms with Crippen LogP contribution in [0.25, 0.3) is 0 Å². The molecule has 1 unspecified atom stereocenters. The molecule has 18 heavy (non-hydrogen) atoms. The van der Waals surface area contributed by atoms with Crippen LogP contribution >= 0.6 is 0 Å². The molecule has 1 rings (SSSR count). The summed E-state index contributed by atoms with van der Waals surface area (Å²) in [7, 11) is 1.56. The summed E-state index contributed by atoms with van der Waals surface area (Å²) in [5, 5.41) is 11.2. The van der Waals surface area contributed by atoms with Gasteiger partial charge in [-0.3, -0.25) is 9.59 Å². The molecule has 0 aromatic heterocycles. The first kappa shape index (κ1) is 14.0. The number of benzene rings is 1. The van der Waals surface area contributed by atoms with Crippen molar-refractivity contribution >= 4 is 11.9 Å². The van der Waals surface area contributed by atoms with Crippen molar-refractivity contribution in [3.63, 3.8) is 0 Å². The van der Waals surface area contributed by atoms with E-state index in [9.17, 15) is 9.59 Å². The Kier molecular flexibility index (Phi) is 5.17. The van der Waals surface area contributed by atoms with Gasteiger partial charge >= 0.3 is 5.97 Å². The molecule has 0 fully saturated rings. The van der Waals surface area contributed by atoms with Gasteiger partial charge in [-0.2, -0.15) is 0 Å². The third-order valence-electron chi connectivity index (χ3n) is 2.39. The molecular formula is C13H17NO4. The molecule has 5 heteroatoms. The van der Waals surface area contributed by atoms with Crippen molar-refractivity contribution < 1.29 is 19.4 Å². The lowest BCUT2D eigenvalue weighted by atomic mass is 10.1. The normalized spacial score (nSPS) is 11.7. The molecule has 98 valence electrons. The predicted octanol–water partition coefficient (Wildman–Crippen LogP) is 1.22. The minimum absolute atomic E-state index is 0.0795. The summed E-state index contributed by atoms with van der Waals surface area (Å²) >= 11 is 0. The largest absolute Gasteiger partial charge is 0.497 e. The number of amides is 1. The van der Waals surface area contributed by atoms with E-state index in [1.54, 1.807) is 26.2 Å². The van der Waals surface area contributed by atoms with Crippen LogP contribution in [0.15, 0.2) is 24.3 Å². The minimum Gasteiger partial charge on any atom is -0.497 e. The highest BCUT2D eigenvalue weighted by atomic mass is 16.5. The SMILES string of the molecule is COc1cccc(CC(=O)NC(C)CC(=O)O)c1. The van der Waals surface area contributed by atoms with Gasteiger partial charge in [-0.15, -0.1) is 0 Å². The molecule has 1 atom stereocenters. The number of carboxylic acid groups (broad SMARTS) is 1. The third kappa shape index (κ3) is 4.86. The number of carboxylic acids is 1. The summed E-state index contributed by atoms with van der Waals surface area (Å²) in [6, 6.07) is 6.84. The van der Waals surface area contributed by atoms with E-state index in [0.29, 0.717) is 5.75 Å². The number of hydrogen-bond acceptors (Lipinski definition) is 3. The third-order valence-corrected chi connectivity index (χ3v) is 2.39. The van der Waals surface area contributed by atoms with Crippen molar-refractivity contribution in [2.24, 2.45) is 0 Å². The molecule has 0 radical (unpaired) electrons. The molecule has 1 amide bonds. The highest BCUT2D eigenvalue weighted by molar-refractivity contribution is 5.79. The van der Waals surface area contributed by atoms with Gasteiger partial charge in [0.25, 0.3) is 0 Å². The van der Waals surface area contributed by atoms with Crippen LogP contribution in [0.3, 0.4) is 0 Å². The van der Waals surface area contributed by atoms with Crippen molar-refractivity contribution in [1.29, 1.82) is 0 Å². The Labute approximate surface area is 106 Å². The van der Waals surface area contributed by atoms with Crippen LogP contribution in [0.5, 0.6) is 5.75 Å². The molecule has 0 spiro atoms. The first-order valence-corrected chi connectivity index (χ1v) is 5.65. The van der Waals surface area contributed by atoms with E-state index >= 15 is 0 Å². The summed E-state index contributed by atoms with van der Waals surface area (Å²) in [5.41, 5.74) is 0.828. The second-order valence-corrected chi connectivity index (χ2v) is 4.09. The topological polar surface area (TPSA) is 75.6 Å². The van der Waals surface area contributed by atoms with E-state index in [4.69, 9.17) is 9.84 Å². The maximum absolute atomic E-state index is 11.7. The van der Waals surface area contributed by atoms with Crippen LogP contribution in [0, 0.1) is 0 Å². The Morgan fingerprint density at radius 3 is 2.78 bits per heavy atom. The number of rotatable bonds is 6. The standard InChI is InChI=1S/C13H17NO4/c1-9(6-13(16)17)14-12(15)8-10-4-3-5-11(7-10)18-2/h3-5,7,9H,6,8H2,1-2H3,(H,14,15)(H,16,17). The van der Waals surface area contributed by atoms with E-state index in [-0.39, 0.29) is 24.8 Å². The fourth-order valence-corrected chi connectivity index (χ4v) is 1.61. The van der Waals surface area contributed by atoms with Gasteiger partial charge in [0.15, 0.2) is 0 Å². The molecule has 0 saturated carbocycles. The molecule has 5 nitrogen and oxygen atoms in total. The van der Waals surface area contributed by atoms with Crippen LogP contribution in [-0.2, 0) is 16.0 Å². The second-order valence-electron chi connectivity index (χ2n) is 4.09. The average molecular weight is 251 g/mol. The smallest absolute Gasteiger partial charge is 0.305 e. The number of ether oxygens (including phenoxy) is 1. The molecule has 0 aliphatic heterocycles. The van der Waals surface area contributed by atoms with Crippen LogP contribution in [0.2, 0.25) is 0 Å². The molecule has 1 aromatic rings. The molecule has 0 aliphatic rings. The van der Waals surface area contributed by atoms with E-state index in [0.717, 1.165) is 5.56 Å². The Bertz CT molecular complexity index is 431. The number of methoxy groups -OCH3 is 1. The van der Waals surface area contributed by atoms with Crippen molar-refractivity contribution in [2.75, 3.05) is 7.11 Å². The first-order valence-electron chi connectivity index (χ1n) is 5.65. The Morgan fingerprint density at radius 1 is 1.44 bits per heavy atom. The van der Waals surface area contributed by atoms with E-state index in [1.165, 1.54) is 0 Å². The van der Waals surface area contributed by atoms with Crippen molar-refractivity contribution in [2.45, 2.75) is 25.8 Å². The summed E-state index contributed by atoms with van der Waals surface area (Å²) in [6.45, 7) is 1.66.